The molecular formula is C21H24ClN3O5. The van der Waals surface area contributed by atoms with E-state index in [2.05, 4.69) is 15.8 Å². The topological polar surface area (TPSA) is 109 Å². The number of carbonyl (C=O) groups is 2. The Bertz CT molecular complexity index is 900. The highest BCUT2D eigenvalue weighted by Gasteiger charge is 2.09. The molecule has 0 aliphatic rings. The van der Waals surface area contributed by atoms with Crippen molar-refractivity contribution in [2.24, 2.45) is 5.10 Å². The normalized spacial score (nSPS) is 10.6. The third kappa shape index (κ3) is 7.29. The quantitative estimate of drug-likeness (QED) is 0.391. The van der Waals surface area contributed by atoms with Gasteiger partial charge in [0.1, 0.15) is 5.75 Å². The van der Waals surface area contributed by atoms with Crippen LogP contribution >= 0.6 is 11.6 Å². The minimum absolute atomic E-state index is 0.00803. The zero-order valence-corrected chi connectivity index (χ0v) is 17.5. The lowest BCUT2D eigenvalue weighted by molar-refractivity contribution is -0.124. The van der Waals surface area contributed by atoms with Crippen LogP contribution < -0.4 is 20.2 Å². The van der Waals surface area contributed by atoms with E-state index in [1.54, 1.807) is 37.3 Å². The second-order valence-corrected chi connectivity index (χ2v) is 6.49. The van der Waals surface area contributed by atoms with Crippen LogP contribution in [0.5, 0.6) is 17.2 Å². The number of hydrazone groups is 1. The fourth-order valence-electron chi connectivity index (χ4n) is 2.42. The summed E-state index contributed by atoms with van der Waals surface area (Å²) in [6.07, 6.45) is 1.35. The molecule has 30 heavy (non-hydrogen) atoms. The summed E-state index contributed by atoms with van der Waals surface area (Å²) in [5.41, 5.74) is 3.50. The summed E-state index contributed by atoms with van der Waals surface area (Å²) in [6.45, 7) is 4.60. The average molecular weight is 434 g/mol. The molecule has 0 aliphatic carbocycles. The maximum atomic E-state index is 12.0. The zero-order chi connectivity index (χ0) is 21.9. The van der Waals surface area contributed by atoms with Crippen molar-refractivity contribution in [1.29, 1.82) is 0 Å². The molecule has 0 heterocycles. The molecule has 0 unspecified atom stereocenters. The molecule has 0 atom stereocenters. The van der Waals surface area contributed by atoms with Crippen LogP contribution in [0.1, 0.15) is 32.3 Å². The highest BCUT2D eigenvalue weighted by molar-refractivity contribution is 6.32. The number of hydrogen-bond donors (Lipinski definition) is 3. The number of hydrogen-bond acceptors (Lipinski definition) is 6. The first-order valence-electron chi connectivity index (χ1n) is 9.42. The predicted molar refractivity (Wildman–Crippen MR) is 115 cm³/mol. The van der Waals surface area contributed by atoms with Crippen molar-refractivity contribution >= 4 is 35.3 Å². The number of ether oxygens (including phenoxy) is 2. The van der Waals surface area contributed by atoms with Crippen molar-refractivity contribution < 1.29 is 24.2 Å². The standard InChI is InChI=1S/C21H24ClN3O5/c1-3-29-16-7-5-15(6-8-16)24-19(26)9-10-20(27)25-23-13-14-11-17(22)21(28)18(12-14)30-4-2/h5-8,11-13,28H,3-4,9-10H2,1-2H3,(H,24,26)(H,25,27)/b23-13+. The molecule has 0 aliphatic heterocycles. The van der Waals surface area contributed by atoms with Crippen LogP contribution in [0.25, 0.3) is 0 Å². The van der Waals surface area contributed by atoms with Gasteiger partial charge in [-0.2, -0.15) is 5.10 Å². The third-order valence-corrected chi connectivity index (χ3v) is 4.07. The minimum Gasteiger partial charge on any atom is -0.503 e. The van der Waals surface area contributed by atoms with E-state index >= 15 is 0 Å². The first-order valence-corrected chi connectivity index (χ1v) is 9.80. The molecular weight excluding hydrogens is 410 g/mol. The summed E-state index contributed by atoms with van der Waals surface area (Å²) in [5.74, 6) is 0.0889. The fourth-order valence-corrected chi connectivity index (χ4v) is 2.64. The number of benzene rings is 2. The molecule has 3 N–H and O–H groups in total. The molecule has 0 spiro atoms. The second-order valence-electron chi connectivity index (χ2n) is 6.08. The van der Waals surface area contributed by atoms with Crippen LogP contribution in [0.15, 0.2) is 41.5 Å². The van der Waals surface area contributed by atoms with E-state index in [-0.39, 0.29) is 35.3 Å². The smallest absolute Gasteiger partial charge is 0.240 e. The number of nitrogens with one attached hydrogen (secondary N) is 2. The number of nitrogens with zero attached hydrogens (tertiary/aromatic N) is 1. The molecule has 0 saturated heterocycles. The molecule has 0 saturated carbocycles. The van der Waals surface area contributed by atoms with Gasteiger partial charge in [0.2, 0.25) is 11.8 Å². The molecule has 2 aromatic carbocycles. The van der Waals surface area contributed by atoms with Gasteiger partial charge < -0.3 is 19.9 Å². The summed E-state index contributed by atoms with van der Waals surface area (Å²) in [5, 5.41) is 16.5. The van der Waals surface area contributed by atoms with E-state index in [4.69, 9.17) is 21.1 Å². The molecule has 8 nitrogen and oxygen atoms in total. The molecule has 0 bridgehead atoms. The number of aromatic hydroxyl groups is 1. The summed E-state index contributed by atoms with van der Waals surface area (Å²) in [6, 6.07) is 10.0. The number of anilines is 1. The maximum absolute atomic E-state index is 12.0. The van der Waals surface area contributed by atoms with Crippen LogP contribution in [0, 0.1) is 0 Å². The fraction of sp³-hybridized carbons (Fsp3) is 0.286. The van der Waals surface area contributed by atoms with Gasteiger partial charge in [-0.25, -0.2) is 5.43 Å². The molecule has 2 amide bonds. The largest absolute Gasteiger partial charge is 0.503 e. The maximum Gasteiger partial charge on any atom is 0.240 e. The number of amides is 2. The zero-order valence-electron chi connectivity index (χ0n) is 16.8. The summed E-state index contributed by atoms with van der Waals surface area (Å²) < 4.78 is 10.6. The lowest BCUT2D eigenvalue weighted by Gasteiger charge is -2.08. The Hall–Kier alpha value is -3.26. The average Bonchev–Trinajstić information content (AvgIpc) is 2.72. The van der Waals surface area contributed by atoms with Crippen LogP contribution in [0.4, 0.5) is 5.69 Å². The van der Waals surface area contributed by atoms with E-state index in [0.717, 1.165) is 5.75 Å². The minimum atomic E-state index is -0.414. The second kappa shape index (κ2) is 11.7. The highest BCUT2D eigenvalue weighted by Crippen LogP contribution is 2.34. The van der Waals surface area contributed by atoms with Gasteiger partial charge in [0.15, 0.2) is 11.5 Å². The predicted octanol–water partition coefficient (Wildman–Crippen LogP) is 3.71. The van der Waals surface area contributed by atoms with E-state index in [0.29, 0.717) is 24.5 Å². The molecule has 2 rings (SSSR count). The third-order valence-electron chi connectivity index (χ3n) is 3.78. The molecule has 160 valence electrons. The number of halogens is 1. The number of carbonyl (C=O) groups excluding carboxylic acids is 2. The molecule has 2 aromatic rings. The SMILES string of the molecule is CCOc1ccc(NC(=O)CCC(=O)N/N=C/c2cc(Cl)c(O)c(OCC)c2)cc1. The highest BCUT2D eigenvalue weighted by atomic mass is 35.5. The number of rotatable bonds is 10. The molecule has 0 radical (unpaired) electrons. The molecule has 9 heteroatoms. The van der Waals surface area contributed by atoms with Crippen molar-refractivity contribution in [3.63, 3.8) is 0 Å². The van der Waals surface area contributed by atoms with Gasteiger partial charge in [0.05, 0.1) is 24.5 Å². The van der Waals surface area contributed by atoms with Gasteiger partial charge in [0, 0.05) is 18.5 Å². The molecule has 0 aromatic heterocycles. The Labute approximate surface area is 179 Å². The Morgan fingerprint density at radius 3 is 2.40 bits per heavy atom. The summed E-state index contributed by atoms with van der Waals surface area (Å²) >= 11 is 5.94. The van der Waals surface area contributed by atoms with Crippen molar-refractivity contribution in [3.8, 4) is 17.2 Å². The van der Waals surface area contributed by atoms with Gasteiger partial charge in [0.25, 0.3) is 0 Å². The first-order chi connectivity index (χ1) is 14.4. The Morgan fingerprint density at radius 1 is 1.07 bits per heavy atom. The number of phenolic OH excluding ortho intramolecular Hbond substituents is 1. The van der Waals surface area contributed by atoms with Crippen LogP contribution in [-0.4, -0.2) is 36.3 Å². The monoisotopic (exact) mass is 433 g/mol. The van der Waals surface area contributed by atoms with E-state index in [1.807, 2.05) is 6.92 Å². The lowest BCUT2D eigenvalue weighted by atomic mass is 10.2. The van der Waals surface area contributed by atoms with Gasteiger partial charge >= 0.3 is 0 Å². The lowest BCUT2D eigenvalue weighted by Crippen LogP contribution is -2.20. The Balaban J connectivity index is 1.79. The van der Waals surface area contributed by atoms with Gasteiger partial charge in [-0.3, -0.25) is 9.59 Å². The van der Waals surface area contributed by atoms with Crippen LogP contribution in [0.3, 0.4) is 0 Å². The number of phenols is 1. The first kappa shape index (κ1) is 23.0. The summed E-state index contributed by atoms with van der Waals surface area (Å²) in [7, 11) is 0. The Morgan fingerprint density at radius 2 is 1.73 bits per heavy atom. The van der Waals surface area contributed by atoms with Crippen molar-refractivity contribution in [2.45, 2.75) is 26.7 Å². The van der Waals surface area contributed by atoms with E-state index < -0.39 is 5.91 Å². The van der Waals surface area contributed by atoms with Gasteiger partial charge in [-0.05, 0) is 55.8 Å². The van der Waals surface area contributed by atoms with Crippen molar-refractivity contribution in [1.82, 2.24) is 5.43 Å². The van der Waals surface area contributed by atoms with Crippen molar-refractivity contribution in [3.05, 3.63) is 47.0 Å². The summed E-state index contributed by atoms with van der Waals surface area (Å²) in [4.78, 5) is 23.9. The van der Waals surface area contributed by atoms with E-state index in [1.165, 1.54) is 12.3 Å². The van der Waals surface area contributed by atoms with Crippen LogP contribution in [0.2, 0.25) is 5.02 Å². The van der Waals surface area contributed by atoms with Gasteiger partial charge in [-0.1, -0.05) is 11.6 Å². The van der Waals surface area contributed by atoms with Crippen molar-refractivity contribution in [2.75, 3.05) is 18.5 Å². The van der Waals surface area contributed by atoms with Gasteiger partial charge in [-0.15, -0.1) is 0 Å². The molecule has 0 fully saturated rings. The van der Waals surface area contributed by atoms with E-state index in [9.17, 15) is 14.7 Å². The Kier molecular flexibility index (Phi) is 8.96. The van der Waals surface area contributed by atoms with Crippen LogP contribution in [-0.2, 0) is 9.59 Å².